The van der Waals surface area contributed by atoms with Crippen molar-refractivity contribution in [3.63, 3.8) is 0 Å². The highest BCUT2D eigenvalue weighted by Crippen LogP contribution is 2.32. The third kappa shape index (κ3) is 3.51. The zero-order chi connectivity index (χ0) is 19.6. The summed E-state index contributed by atoms with van der Waals surface area (Å²) in [7, 11) is 0. The highest BCUT2D eigenvalue weighted by Gasteiger charge is 2.10. The van der Waals surface area contributed by atoms with Crippen molar-refractivity contribution in [2.45, 2.75) is 0 Å². The highest BCUT2D eigenvalue weighted by molar-refractivity contribution is 6.29. The zero-order valence-electron chi connectivity index (χ0n) is 15.6. The SMILES string of the molecule is Clc1cc(-c2ccc3c(-c4ccccc4)cccc3c2)nc(-c2ccccc2)n1. The summed E-state index contributed by atoms with van der Waals surface area (Å²) >= 11 is 6.32. The Kier molecular flexibility index (Phi) is 4.55. The Morgan fingerprint density at radius 1 is 0.552 bits per heavy atom. The quantitative estimate of drug-likeness (QED) is 0.301. The topological polar surface area (TPSA) is 25.8 Å². The third-order valence-corrected chi connectivity index (χ3v) is 5.18. The second-order valence-corrected chi connectivity index (χ2v) is 7.26. The Balaban J connectivity index is 1.63. The van der Waals surface area contributed by atoms with Crippen LogP contribution in [-0.2, 0) is 0 Å². The molecule has 0 saturated heterocycles. The van der Waals surface area contributed by atoms with Gasteiger partial charge in [0.25, 0.3) is 0 Å². The minimum Gasteiger partial charge on any atom is -0.228 e. The molecule has 0 bridgehead atoms. The van der Waals surface area contributed by atoms with Gasteiger partial charge in [-0.1, -0.05) is 103 Å². The van der Waals surface area contributed by atoms with Crippen LogP contribution in [0.4, 0.5) is 0 Å². The van der Waals surface area contributed by atoms with E-state index in [9.17, 15) is 0 Å². The number of hydrogen-bond acceptors (Lipinski definition) is 2. The van der Waals surface area contributed by atoms with Crippen molar-refractivity contribution in [1.82, 2.24) is 9.97 Å². The van der Waals surface area contributed by atoms with Gasteiger partial charge in [0.05, 0.1) is 5.69 Å². The number of nitrogens with zero attached hydrogens (tertiary/aromatic N) is 2. The molecule has 1 heterocycles. The molecule has 0 radical (unpaired) electrons. The molecule has 138 valence electrons. The van der Waals surface area contributed by atoms with E-state index in [1.54, 1.807) is 0 Å². The summed E-state index contributed by atoms with van der Waals surface area (Å²) in [5, 5.41) is 2.82. The summed E-state index contributed by atoms with van der Waals surface area (Å²) < 4.78 is 0. The first-order chi connectivity index (χ1) is 14.3. The average Bonchev–Trinajstić information content (AvgIpc) is 2.79. The van der Waals surface area contributed by atoms with Crippen molar-refractivity contribution < 1.29 is 0 Å². The summed E-state index contributed by atoms with van der Waals surface area (Å²) in [4.78, 5) is 9.17. The molecule has 5 aromatic rings. The molecule has 0 unspecified atom stereocenters. The van der Waals surface area contributed by atoms with Gasteiger partial charge in [0.1, 0.15) is 5.15 Å². The summed E-state index contributed by atoms with van der Waals surface area (Å²) in [5.74, 6) is 0.631. The average molecular weight is 393 g/mol. The number of fused-ring (bicyclic) bond motifs is 1. The largest absolute Gasteiger partial charge is 0.228 e. The predicted molar refractivity (Wildman–Crippen MR) is 121 cm³/mol. The minimum absolute atomic E-state index is 0.437. The maximum Gasteiger partial charge on any atom is 0.161 e. The Morgan fingerprint density at radius 2 is 1.28 bits per heavy atom. The Morgan fingerprint density at radius 3 is 2.03 bits per heavy atom. The van der Waals surface area contributed by atoms with Crippen molar-refractivity contribution in [3.05, 3.63) is 108 Å². The summed E-state index contributed by atoms with van der Waals surface area (Å²) in [6.07, 6.45) is 0. The third-order valence-electron chi connectivity index (χ3n) is 4.99. The van der Waals surface area contributed by atoms with E-state index in [0.717, 1.165) is 16.8 Å². The molecule has 0 aliphatic heterocycles. The monoisotopic (exact) mass is 392 g/mol. The van der Waals surface area contributed by atoms with Gasteiger partial charge in [0.2, 0.25) is 0 Å². The molecule has 0 aliphatic rings. The molecule has 5 rings (SSSR count). The molecule has 29 heavy (non-hydrogen) atoms. The van der Waals surface area contributed by atoms with Crippen molar-refractivity contribution in [2.24, 2.45) is 0 Å². The molecular formula is C26H17ClN2. The second kappa shape index (κ2) is 7.50. The van der Waals surface area contributed by atoms with E-state index >= 15 is 0 Å². The first-order valence-electron chi connectivity index (χ1n) is 9.46. The van der Waals surface area contributed by atoms with Gasteiger partial charge in [-0.25, -0.2) is 9.97 Å². The fourth-order valence-electron chi connectivity index (χ4n) is 3.59. The number of hydrogen-bond donors (Lipinski definition) is 0. The number of halogens is 1. The van der Waals surface area contributed by atoms with Crippen molar-refractivity contribution >= 4 is 22.4 Å². The Labute approximate surface area is 174 Å². The van der Waals surface area contributed by atoms with Gasteiger partial charge in [0, 0.05) is 17.2 Å². The van der Waals surface area contributed by atoms with Gasteiger partial charge in [0.15, 0.2) is 5.82 Å². The van der Waals surface area contributed by atoms with Gasteiger partial charge in [-0.15, -0.1) is 0 Å². The van der Waals surface area contributed by atoms with Crippen LogP contribution in [0.5, 0.6) is 0 Å². The van der Waals surface area contributed by atoms with Crippen LogP contribution >= 0.6 is 11.6 Å². The predicted octanol–water partition coefficient (Wildman–Crippen LogP) is 7.28. The van der Waals surface area contributed by atoms with Crippen molar-refractivity contribution in [3.8, 4) is 33.8 Å². The van der Waals surface area contributed by atoms with Crippen LogP contribution in [0.2, 0.25) is 5.15 Å². The van der Waals surface area contributed by atoms with Crippen LogP contribution in [0.3, 0.4) is 0 Å². The molecule has 0 fully saturated rings. The van der Waals surface area contributed by atoms with E-state index in [-0.39, 0.29) is 0 Å². The Bertz CT molecular complexity index is 1300. The fraction of sp³-hybridized carbons (Fsp3) is 0. The van der Waals surface area contributed by atoms with Crippen molar-refractivity contribution in [1.29, 1.82) is 0 Å². The molecule has 1 aromatic heterocycles. The van der Waals surface area contributed by atoms with Gasteiger partial charge in [-0.2, -0.15) is 0 Å². The van der Waals surface area contributed by atoms with E-state index in [1.165, 1.54) is 21.9 Å². The molecule has 3 heteroatoms. The molecule has 0 spiro atoms. The fourth-order valence-corrected chi connectivity index (χ4v) is 3.78. The molecule has 0 N–H and O–H groups in total. The molecule has 0 amide bonds. The highest BCUT2D eigenvalue weighted by atomic mass is 35.5. The van der Waals surface area contributed by atoms with Crippen LogP contribution in [0.1, 0.15) is 0 Å². The van der Waals surface area contributed by atoms with Crippen LogP contribution in [-0.4, -0.2) is 9.97 Å². The molecular weight excluding hydrogens is 376 g/mol. The molecule has 0 saturated carbocycles. The van der Waals surface area contributed by atoms with E-state index in [4.69, 9.17) is 16.6 Å². The van der Waals surface area contributed by atoms with E-state index < -0.39 is 0 Å². The summed E-state index contributed by atoms with van der Waals surface area (Å²) in [6.45, 7) is 0. The Hall–Kier alpha value is -3.49. The lowest BCUT2D eigenvalue weighted by molar-refractivity contribution is 1.18. The number of benzene rings is 4. The lowest BCUT2D eigenvalue weighted by atomic mass is 9.96. The van der Waals surface area contributed by atoms with Crippen LogP contribution in [0.25, 0.3) is 44.5 Å². The molecule has 2 nitrogen and oxygen atoms in total. The van der Waals surface area contributed by atoms with Crippen molar-refractivity contribution in [2.75, 3.05) is 0 Å². The first-order valence-corrected chi connectivity index (χ1v) is 9.84. The van der Waals surface area contributed by atoms with Crippen LogP contribution in [0.15, 0.2) is 103 Å². The molecule has 4 aromatic carbocycles. The number of rotatable bonds is 3. The lowest BCUT2D eigenvalue weighted by Gasteiger charge is -2.10. The van der Waals surface area contributed by atoms with E-state index in [0.29, 0.717) is 11.0 Å². The maximum absolute atomic E-state index is 6.32. The van der Waals surface area contributed by atoms with Gasteiger partial charge < -0.3 is 0 Å². The molecule has 0 atom stereocenters. The normalized spacial score (nSPS) is 10.9. The molecule has 0 aliphatic carbocycles. The van der Waals surface area contributed by atoms with Gasteiger partial charge >= 0.3 is 0 Å². The van der Waals surface area contributed by atoms with E-state index in [2.05, 4.69) is 65.6 Å². The smallest absolute Gasteiger partial charge is 0.161 e. The van der Waals surface area contributed by atoms with E-state index in [1.807, 2.05) is 42.5 Å². The lowest BCUT2D eigenvalue weighted by Crippen LogP contribution is -1.93. The summed E-state index contributed by atoms with van der Waals surface area (Å²) in [6, 6.07) is 35.0. The standard InChI is InChI=1S/C26H17ClN2/c27-25-17-24(28-26(29-25)19-10-5-2-6-11-19)21-14-15-23-20(16-21)12-7-13-22(23)18-8-3-1-4-9-18/h1-17H. The van der Waals surface area contributed by atoms with Crippen LogP contribution < -0.4 is 0 Å². The zero-order valence-corrected chi connectivity index (χ0v) is 16.3. The van der Waals surface area contributed by atoms with Gasteiger partial charge in [-0.3, -0.25) is 0 Å². The van der Waals surface area contributed by atoms with Crippen LogP contribution in [0, 0.1) is 0 Å². The second-order valence-electron chi connectivity index (χ2n) is 6.87. The van der Waals surface area contributed by atoms with Gasteiger partial charge in [-0.05, 0) is 28.0 Å². The first kappa shape index (κ1) is 17.6. The minimum atomic E-state index is 0.437. The maximum atomic E-state index is 6.32. The number of aromatic nitrogens is 2. The summed E-state index contributed by atoms with van der Waals surface area (Å²) in [5.41, 5.74) is 5.21.